The topological polar surface area (TPSA) is 38.3 Å². The second-order valence-corrected chi connectivity index (χ2v) is 4.56. The fourth-order valence-electron chi connectivity index (χ4n) is 1.60. The van der Waals surface area contributed by atoms with Gasteiger partial charge in [0.05, 0.1) is 12.6 Å². The Bertz CT molecular complexity index is 374. The van der Waals surface area contributed by atoms with Crippen LogP contribution in [-0.4, -0.2) is 18.6 Å². The number of hydrogen-bond acceptors (Lipinski definition) is 3. The van der Waals surface area contributed by atoms with Gasteiger partial charge in [-0.15, -0.1) is 0 Å². The zero-order chi connectivity index (χ0) is 12.8. The second-order valence-electron chi connectivity index (χ2n) is 4.56. The lowest BCUT2D eigenvalue weighted by atomic mass is 10.1. The molecule has 1 rings (SSSR count). The summed E-state index contributed by atoms with van der Waals surface area (Å²) in [5.74, 6) is -0.209. The van der Waals surface area contributed by atoms with E-state index in [1.165, 1.54) is 11.1 Å². The van der Waals surface area contributed by atoms with E-state index in [0.29, 0.717) is 0 Å². The molecule has 0 spiro atoms. The van der Waals surface area contributed by atoms with E-state index in [-0.39, 0.29) is 24.7 Å². The minimum atomic E-state index is -0.209. The van der Waals surface area contributed by atoms with Gasteiger partial charge in [-0.2, -0.15) is 0 Å². The first-order chi connectivity index (χ1) is 7.99. The molecule has 0 saturated heterocycles. The molecule has 0 aliphatic carbocycles. The van der Waals surface area contributed by atoms with Crippen LogP contribution in [-0.2, 0) is 9.53 Å². The van der Waals surface area contributed by atoms with E-state index in [9.17, 15) is 4.79 Å². The van der Waals surface area contributed by atoms with Crippen LogP contribution in [0.2, 0.25) is 0 Å². The lowest BCUT2D eigenvalue weighted by molar-refractivity contribution is -0.146. The largest absolute Gasteiger partial charge is 0.462 e. The molecule has 0 aliphatic heterocycles. The number of aryl methyl sites for hydroxylation is 1. The number of carbonyl (C=O) groups is 1. The molecule has 94 valence electrons. The first-order valence-electron chi connectivity index (χ1n) is 5.98. The highest BCUT2D eigenvalue weighted by molar-refractivity contribution is 5.71. The van der Waals surface area contributed by atoms with Crippen LogP contribution in [0.3, 0.4) is 0 Å². The van der Waals surface area contributed by atoms with E-state index in [1.807, 2.05) is 26.8 Å². The molecule has 0 bridgehead atoms. The van der Waals surface area contributed by atoms with Gasteiger partial charge in [0.15, 0.2) is 0 Å². The smallest absolute Gasteiger partial charge is 0.320 e. The highest BCUT2D eigenvalue weighted by atomic mass is 16.5. The van der Waals surface area contributed by atoms with Gasteiger partial charge in [0.1, 0.15) is 0 Å². The van der Waals surface area contributed by atoms with Gasteiger partial charge >= 0.3 is 5.97 Å². The Labute approximate surface area is 103 Å². The van der Waals surface area contributed by atoms with Crippen LogP contribution in [0.5, 0.6) is 0 Å². The Morgan fingerprint density at radius 1 is 1.35 bits per heavy atom. The molecule has 1 atom stereocenters. The number of rotatable bonds is 5. The maximum Gasteiger partial charge on any atom is 0.320 e. The van der Waals surface area contributed by atoms with Gasteiger partial charge in [0.25, 0.3) is 0 Å². The van der Waals surface area contributed by atoms with Gasteiger partial charge < -0.3 is 10.1 Å². The van der Waals surface area contributed by atoms with Crippen molar-refractivity contribution in [3.8, 4) is 0 Å². The van der Waals surface area contributed by atoms with Crippen molar-refractivity contribution in [3.05, 3.63) is 35.4 Å². The lowest BCUT2D eigenvalue weighted by Gasteiger charge is -2.15. The van der Waals surface area contributed by atoms with E-state index in [1.54, 1.807) is 0 Å². The van der Waals surface area contributed by atoms with E-state index >= 15 is 0 Å². The summed E-state index contributed by atoms with van der Waals surface area (Å²) < 4.78 is 5.06. The summed E-state index contributed by atoms with van der Waals surface area (Å²) in [7, 11) is 0. The maximum absolute atomic E-state index is 11.4. The van der Waals surface area contributed by atoms with Crippen LogP contribution in [0.15, 0.2) is 24.3 Å². The first kappa shape index (κ1) is 13.7. The molecular formula is C14H21NO2. The molecule has 0 unspecified atom stereocenters. The molecule has 0 saturated carbocycles. The van der Waals surface area contributed by atoms with E-state index in [4.69, 9.17) is 4.74 Å². The Kier molecular flexibility index (Phi) is 5.16. The molecule has 1 aromatic carbocycles. The molecule has 0 heterocycles. The Morgan fingerprint density at radius 2 is 2.06 bits per heavy atom. The third-order valence-corrected chi connectivity index (χ3v) is 2.46. The summed E-state index contributed by atoms with van der Waals surface area (Å²) in [5.41, 5.74) is 2.41. The molecule has 0 radical (unpaired) electrons. The highest BCUT2D eigenvalue weighted by Gasteiger charge is 2.09. The quantitative estimate of drug-likeness (QED) is 0.797. The van der Waals surface area contributed by atoms with Crippen LogP contribution in [0.4, 0.5) is 0 Å². The highest BCUT2D eigenvalue weighted by Crippen LogP contribution is 2.13. The Morgan fingerprint density at radius 3 is 2.65 bits per heavy atom. The molecule has 1 N–H and O–H groups in total. The molecule has 0 amide bonds. The number of benzene rings is 1. The minimum absolute atomic E-state index is 0.0569. The average molecular weight is 235 g/mol. The number of nitrogens with one attached hydrogen (secondary N) is 1. The first-order valence-corrected chi connectivity index (χ1v) is 5.98. The van der Waals surface area contributed by atoms with Gasteiger partial charge in [0, 0.05) is 6.04 Å². The molecule has 3 heteroatoms. The van der Waals surface area contributed by atoms with Crippen molar-refractivity contribution in [2.24, 2.45) is 0 Å². The summed E-state index contributed by atoms with van der Waals surface area (Å²) in [4.78, 5) is 11.4. The molecule has 0 aromatic heterocycles. The van der Waals surface area contributed by atoms with Crippen molar-refractivity contribution < 1.29 is 9.53 Å². The monoisotopic (exact) mass is 235 g/mol. The van der Waals surface area contributed by atoms with Crippen molar-refractivity contribution >= 4 is 5.97 Å². The Balaban J connectivity index is 2.44. The Hall–Kier alpha value is -1.35. The molecule has 0 fully saturated rings. The molecule has 17 heavy (non-hydrogen) atoms. The third kappa shape index (κ3) is 5.00. The SMILES string of the molecule is Cc1cccc([C@H](C)NCC(=O)OC(C)C)c1. The molecule has 3 nitrogen and oxygen atoms in total. The number of esters is 1. The fourth-order valence-corrected chi connectivity index (χ4v) is 1.60. The zero-order valence-electron chi connectivity index (χ0n) is 11.0. The van der Waals surface area contributed by atoms with Crippen molar-refractivity contribution in [2.45, 2.75) is 39.8 Å². The molecule has 1 aromatic rings. The van der Waals surface area contributed by atoms with Gasteiger partial charge in [-0.25, -0.2) is 0 Å². The van der Waals surface area contributed by atoms with E-state index < -0.39 is 0 Å². The van der Waals surface area contributed by atoms with Crippen molar-refractivity contribution in [1.29, 1.82) is 0 Å². The van der Waals surface area contributed by atoms with Gasteiger partial charge in [0.2, 0.25) is 0 Å². The summed E-state index contributed by atoms with van der Waals surface area (Å²) in [6, 6.07) is 8.40. The molecule has 0 aliphatic rings. The summed E-state index contributed by atoms with van der Waals surface area (Å²) in [6.45, 7) is 8.04. The van der Waals surface area contributed by atoms with Crippen LogP contribution in [0.1, 0.15) is 37.9 Å². The van der Waals surface area contributed by atoms with Crippen molar-refractivity contribution in [2.75, 3.05) is 6.54 Å². The predicted molar refractivity (Wildman–Crippen MR) is 68.8 cm³/mol. The fraction of sp³-hybridized carbons (Fsp3) is 0.500. The summed E-state index contributed by atoms with van der Waals surface area (Å²) >= 11 is 0. The van der Waals surface area contributed by atoms with E-state index in [2.05, 4.69) is 30.4 Å². The van der Waals surface area contributed by atoms with Crippen LogP contribution in [0, 0.1) is 6.92 Å². The normalized spacial score (nSPS) is 12.5. The van der Waals surface area contributed by atoms with Crippen LogP contribution in [0.25, 0.3) is 0 Å². The van der Waals surface area contributed by atoms with Gasteiger partial charge in [-0.05, 0) is 33.3 Å². The number of carbonyl (C=O) groups excluding carboxylic acids is 1. The summed E-state index contributed by atoms with van der Waals surface area (Å²) in [5, 5.41) is 3.16. The van der Waals surface area contributed by atoms with Crippen LogP contribution < -0.4 is 5.32 Å². The maximum atomic E-state index is 11.4. The van der Waals surface area contributed by atoms with Crippen molar-refractivity contribution in [3.63, 3.8) is 0 Å². The second kappa shape index (κ2) is 6.40. The molecular weight excluding hydrogens is 214 g/mol. The van der Waals surface area contributed by atoms with Crippen LogP contribution >= 0.6 is 0 Å². The minimum Gasteiger partial charge on any atom is -0.462 e. The van der Waals surface area contributed by atoms with Gasteiger partial charge in [-0.3, -0.25) is 4.79 Å². The van der Waals surface area contributed by atoms with E-state index in [0.717, 1.165) is 0 Å². The van der Waals surface area contributed by atoms with Crippen molar-refractivity contribution in [1.82, 2.24) is 5.32 Å². The number of hydrogen-bond donors (Lipinski definition) is 1. The average Bonchev–Trinajstić information content (AvgIpc) is 2.25. The summed E-state index contributed by atoms with van der Waals surface area (Å²) in [6.07, 6.45) is -0.0569. The number of ether oxygens (including phenoxy) is 1. The third-order valence-electron chi connectivity index (χ3n) is 2.46. The van der Waals surface area contributed by atoms with Gasteiger partial charge in [-0.1, -0.05) is 29.8 Å². The lowest BCUT2D eigenvalue weighted by Crippen LogP contribution is -2.28. The zero-order valence-corrected chi connectivity index (χ0v) is 11.0. The standard InChI is InChI=1S/C14H21NO2/c1-10(2)17-14(16)9-15-12(4)13-7-5-6-11(3)8-13/h5-8,10,12,15H,9H2,1-4H3/t12-/m0/s1. The predicted octanol–water partition coefficient (Wildman–Crippen LogP) is 2.60.